The molecule has 1 aromatic carbocycles. The Hall–Kier alpha value is -3.30. The summed E-state index contributed by atoms with van der Waals surface area (Å²) in [4.78, 5) is 17.4. The number of nitrogens with zero attached hydrogens (tertiary/aromatic N) is 4. The van der Waals surface area contributed by atoms with E-state index in [4.69, 9.17) is 4.42 Å². The van der Waals surface area contributed by atoms with Gasteiger partial charge in [0.15, 0.2) is 0 Å². The zero-order valence-corrected chi connectivity index (χ0v) is 16.8. The van der Waals surface area contributed by atoms with Crippen LogP contribution in [0.15, 0.2) is 53.2 Å². The monoisotopic (exact) mass is 388 g/mol. The number of amides is 1. The van der Waals surface area contributed by atoms with Crippen molar-refractivity contribution in [1.82, 2.24) is 14.4 Å². The number of carbonyl (C=O) groups is 1. The zero-order chi connectivity index (χ0) is 20.4. The largest absolute Gasteiger partial charge is 0.443 e. The van der Waals surface area contributed by atoms with Crippen molar-refractivity contribution in [2.45, 2.75) is 20.4 Å². The molecule has 1 aliphatic rings. The van der Waals surface area contributed by atoms with Gasteiger partial charge in [-0.2, -0.15) is 5.26 Å². The Morgan fingerprint density at radius 2 is 1.83 bits per heavy atom. The van der Waals surface area contributed by atoms with Crippen LogP contribution in [0.3, 0.4) is 0 Å². The van der Waals surface area contributed by atoms with E-state index in [-0.39, 0.29) is 5.91 Å². The highest BCUT2D eigenvalue weighted by molar-refractivity contribution is 5.98. The highest BCUT2D eigenvalue weighted by atomic mass is 16.4. The van der Waals surface area contributed by atoms with Crippen molar-refractivity contribution in [3.63, 3.8) is 0 Å². The number of furan rings is 1. The first-order valence-corrected chi connectivity index (χ1v) is 9.81. The van der Waals surface area contributed by atoms with Gasteiger partial charge in [-0.25, -0.2) is 0 Å². The molecule has 6 heteroatoms. The molecule has 4 rings (SSSR count). The number of benzene rings is 1. The number of rotatable bonds is 4. The molecule has 1 amide bonds. The molecule has 0 atom stereocenters. The van der Waals surface area contributed by atoms with Gasteiger partial charge in [0.05, 0.1) is 0 Å². The number of aromatic nitrogens is 1. The van der Waals surface area contributed by atoms with Crippen molar-refractivity contribution < 1.29 is 9.21 Å². The van der Waals surface area contributed by atoms with Crippen LogP contribution in [0.25, 0.3) is 5.88 Å². The van der Waals surface area contributed by atoms with Gasteiger partial charge < -0.3 is 9.32 Å². The standard InChI is InChI=1S/C23H24N4O2/c1-17-6-5-7-19(14-17)16-25-10-12-26(13-11-25)22(28)21-18(2)29-23(20(21)15-24)27-8-3-4-9-27/h3-9,14H,10-13,16H2,1-2H3. The van der Waals surface area contributed by atoms with Crippen LogP contribution in [0, 0.1) is 25.2 Å². The average Bonchev–Trinajstić information content (AvgIpc) is 3.35. The number of piperazine rings is 1. The molecule has 0 N–H and O–H groups in total. The van der Waals surface area contributed by atoms with E-state index in [0.717, 1.165) is 19.6 Å². The lowest BCUT2D eigenvalue weighted by Gasteiger charge is -2.34. The smallest absolute Gasteiger partial charge is 0.258 e. The zero-order valence-electron chi connectivity index (χ0n) is 16.8. The van der Waals surface area contributed by atoms with Crippen LogP contribution >= 0.6 is 0 Å². The van der Waals surface area contributed by atoms with Crippen molar-refractivity contribution in [2.75, 3.05) is 26.2 Å². The van der Waals surface area contributed by atoms with Crippen LogP contribution in [-0.4, -0.2) is 46.5 Å². The third kappa shape index (κ3) is 3.82. The van der Waals surface area contributed by atoms with Crippen LogP contribution < -0.4 is 0 Å². The summed E-state index contributed by atoms with van der Waals surface area (Å²) in [6.45, 7) is 7.62. The normalized spacial score (nSPS) is 14.7. The summed E-state index contributed by atoms with van der Waals surface area (Å²) in [5.41, 5.74) is 3.22. The number of nitriles is 1. The topological polar surface area (TPSA) is 65.4 Å². The maximum atomic E-state index is 13.2. The van der Waals surface area contributed by atoms with Gasteiger partial charge in [-0.3, -0.25) is 14.3 Å². The van der Waals surface area contributed by atoms with Gasteiger partial charge in [0.25, 0.3) is 5.91 Å². The molecule has 0 radical (unpaired) electrons. The number of carbonyl (C=O) groups excluding carboxylic acids is 1. The lowest BCUT2D eigenvalue weighted by Crippen LogP contribution is -2.48. The van der Waals surface area contributed by atoms with E-state index in [1.807, 2.05) is 17.0 Å². The lowest BCUT2D eigenvalue weighted by atomic mass is 10.1. The highest BCUT2D eigenvalue weighted by Crippen LogP contribution is 2.27. The van der Waals surface area contributed by atoms with Crippen molar-refractivity contribution in [3.8, 4) is 12.0 Å². The maximum absolute atomic E-state index is 13.2. The van der Waals surface area contributed by atoms with E-state index in [9.17, 15) is 10.1 Å². The number of hydrogen-bond donors (Lipinski definition) is 0. The van der Waals surface area contributed by atoms with Crippen molar-refractivity contribution in [3.05, 3.63) is 76.8 Å². The fourth-order valence-electron chi connectivity index (χ4n) is 3.88. The third-order valence-electron chi connectivity index (χ3n) is 5.38. The van der Waals surface area contributed by atoms with E-state index in [1.54, 1.807) is 23.9 Å². The van der Waals surface area contributed by atoms with E-state index in [1.165, 1.54) is 11.1 Å². The van der Waals surface area contributed by atoms with Crippen molar-refractivity contribution >= 4 is 5.91 Å². The predicted molar refractivity (Wildman–Crippen MR) is 110 cm³/mol. The summed E-state index contributed by atoms with van der Waals surface area (Å²) in [5, 5.41) is 9.68. The second-order valence-electron chi connectivity index (χ2n) is 7.47. The first-order valence-electron chi connectivity index (χ1n) is 9.81. The SMILES string of the molecule is Cc1cccc(CN2CCN(C(=O)c3c(C)oc(-n4cccc4)c3C#N)CC2)c1. The molecule has 29 heavy (non-hydrogen) atoms. The molecule has 3 heterocycles. The molecule has 0 bridgehead atoms. The summed E-state index contributed by atoms with van der Waals surface area (Å²) < 4.78 is 7.51. The second-order valence-corrected chi connectivity index (χ2v) is 7.47. The number of aryl methyl sites for hydroxylation is 2. The highest BCUT2D eigenvalue weighted by Gasteiger charge is 2.30. The molecule has 0 unspecified atom stereocenters. The maximum Gasteiger partial charge on any atom is 0.258 e. The Kier molecular flexibility index (Phi) is 5.24. The summed E-state index contributed by atoms with van der Waals surface area (Å²) >= 11 is 0. The molecule has 0 aliphatic carbocycles. The van der Waals surface area contributed by atoms with E-state index < -0.39 is 0 Å². The first kappa shape index (κ1) is 19.0. The summed E-state index contributed by atoms with van der Waals surface area (Å²) in [6.07, 6.45) is 3.61. The molecule has 148 valence electrons. The van der Waals surface area contributed by atoms with Crippen LogP contribution in [0.2, 0.25) is 0 Å². The van der Waals surface area contributed by atoms with Gasteiger partial charge in [-0.05, 0) is 31.5 Å². The molecule has 1 saturated heterocycles. The quantitative estimate of drug-likeness (QED) is 0.686. The minimum atomic E-state index is -0.128. The molecule has 1 aliphatic heterocycles. The first-order chi connectivity index (χ1) is 14.1. The fourth-order valence-corrected chi connectivity index (χ4v) is 3.88. The third-order valence-corrected chi connectivity index (χ3v) is 5.38. The predicted octanol–water partition coefficient (Wildman–Crippen LogP) is 3.52. The minimum absolute atomic E-state index is 0.128. The van der Waals surface area contributed by atoms with Gasteiger partial charge in [-0.15, -0.1) is 0 Å². The Morgan fingerprint density at radius 3 is 2.48 bits per heavy atom. The molecule has 6 nitrogen and oxygen atoms in total. The fraction of sp³-hybridized carbons (Fsp3) is 0.304. The van der Waals surface area contributed by atoms with Gasteiger partial charge in [0.1, 0.15) is 23.0 Å². The number of hydrogen-bond acceptors (Lipinski definition) is 4. The van der Waals surface area contributed by atoms with Gasteiger partial charge >= 0.3 is 0 Å². The van der Waals surface area contributed by atoms with Crippen molar-refractivity contribution in [2.24, 2.45) is 0 Å². The van der Waals surface area contributed by atoms with E-state index >= 15 is 0 Å². The second kappa shape index (κ2) is 7.98. The Labute approximate surface area is 170 Å². The Balaban J connectivity index is 1.47. The van der Waals surface area contributed by atoms with Crippen LogP contribution in [0.5, 0.6) is 0 Å². The molecule has 1 fully saturated rings. The van der Waals surface area contributed by atoms with Gasteiger partial charge in [0, 0.05) is 45.1 Å². The van der Waals surface area contributed by atoms with Gasteiger partial charge in [0.2, 0.25) is 5.88 Å². The van der Waals surface area contributed by atoms with Gasteiger partial charge in [-0.1, -0.05) is 29.8 Å². The molecule has 0 spiro atoms. The minimum Gasteiger partial charge on any atom is -0.443 e. The van der Waals surface area contributed by atoms with E-state index in [2.05, 4.69) is 42.2 Å². The molecule has 0 saturated carbocycles. The Morgan fingerprint density at radius 1 is 1.10 bits per heavy atom. The molecule has 3 aromatic rings. The van der Waals surface area contributed by atoms with Crippen LogP contribution in [-0.2, 0) is 6.54 Å². The summed E-state index contributed by atoms with van der Waals surface area (Å²) in [5.74, 6) is 0.755. The Bertz CT molecular complexity index is 1050. The summed E-state index contributed by atoms with van der Waals surface area (Å²) in [7, 11) is 0. The lowest BCUT2D eigenvalue weighted by molar-refractivity contribution is 0.0626. The molecular formula is C23H24N4O2. The molecular weight excluding hydrogens is 364 g/mol. The summed E-state index contributed by atoms with van der Waals surface area (Å²) in [6, 6.07) is 14.4. The van der Waals surface area contributed by atoms with Crippen LogP contribution in [0.1, 0.15) is 32.8 Å². The molecule has 2 aromatic heterocycles. The van der Waals surface area contributed by atoms with Crippen molar-refractivity contribution in [1.29, 1.82) is 5.26 Å². The van der Waals surface area contributed by atoms with Crippen LogP contribution in [0.4, 0.5) is 0 Å². The average molecular weight is 388 g/mol. The van der Waals surface area contributed by atoms with E-state index in [0.29, 0.717) is 35.9 Å².